The molecule has 9 rings (SSSR count). The number of amides is 2. The third kappa shape index (κ3) is 4.47. The van der Waals surface area contributed by atoms with Crippen molar-refractivity contribution < 1.29 is 9.59 Å². The van der Waals surface area contributed by atoms with Gasteiger partial charge in [-0.15, -0.1) is 0 Å². The van der Waals surface area contributed by atoms with Crippen molar-refractivity contribution in [3.05, 3.63) is 180 Å². The van der Waals surface area contributed by atoms with E-state index in [0.717, 1.165) is 55.2 Å². The summed E-state index contributed by atoms with van der Waals surface area (Å²) in [5.74, 6) is -0.733. The number of hydrogen-bond donors (Lipinski definition) is 0. The van der Waals surface area contributed by atoms with Gasteiger partial charge in [-0.05, 0) is 70.3 Å². The number of benzene rings is 7. The summed E-state index contributed by atoms with van der Waals surface area (Å²) in [4.78, 5) is 30.5. The third-order valence-electron chi connectivity index (χ3n) is 9.60. The molecule has 8 aromatic rings. The summed E-state index contributed by atoms with van der Waals surface area (Å²) < 4.78 is 2.08. The van der Waals surface area contributed by atoms with E-state index < -0.39 is 0 Å². The number of aromatic nitrogens is 1. The smallest absolute Gasteiger partial charge is 0.268 e. The number of para-hydroxylation sites is 1. The largest absolute Gasteiger partial charge is 0.308 e. The van der Waals surface area contributed by atoms with Crippen molar-refractivity contribution in [1.29, 1.82) is 5.26 Å². The van der Waals surface area contributed by atoms with Gasteiger partial charge in [-0.1, -0.05) is 121 Å². The number of carbonyl (C=O) groups excluding carboxylic acids is 2. The maximum absolute atomic E-state index is 14.8. The lowest BCUT2D eigenvalue weighted by Crippen LogP contribution is -2.30. The number of hydrogen-bond acceptors (Lipinski definition) is 3. The molecule has 0 unspecified atom stereocenters. The molecule has 0 radical (unpaired) electrons. The zero-order chi connectivity index (χ0) is 33.8. The van der Waals surface area contributed by atoms with Crippen LogP contribution in [0, 0.1) is 11.3 Å². The lowest BCUT2D eigenvalue weighted by molar-refractivity contribution is 0.0926. The van der Waals surface area contributed by atoms with Crippen molar-refractivity contribution in [2.45, 2.75) is 0 Å². The van der Waals surface area contributed by atoms with E-state index in [1.165, 1.54) is 4.90 Å². The second-order valence-electron chi connectivity index (χ2n) is 12.4. The van der Waals surface area contributed by atoms with E-state index in [2.05, 4.69) is 34.9 Å². The highest BCUT2D eigenvalue weighted by molar-refractivity contribution is 6.36. The van der Waals surface area contributed by atoms with Crippen LogP contribution in [0.5, 0.6) is 0 Å². The molecule has 0 saturated heterocycles. The van der Waals surface area contributed by atoms with Crippen LogP contribution in [0.4, 0.5) is 5.69 Å². The Labute approximate surface area is 288 Å². The predicted molar refractivity (Wildman–Crippen MR) is 199 cm³/mol. The fourth-order valence-electron chi connectivity index (χ4n) is 7.29. The number of imide groups is 1. The van der Waals surface area contributed by atoms with Gasteiger partial charge < -0.3 is 4.57 Å². The first-order valence-electron chi connectivity index (χ1n) is 16.4. The predicted octanol–water partition coefficient (Wildman–Crippen LogP) is 10.5. The minimum Gasteiger partial charge on any atom is -0.308 e. The van der Waals surface area contributed by atoms with E-state index in [0.29, 0.717) is 28.1 Å². The Balaban J connectivity index is 1.24. The molecule has 0 fully saturated rings. The van der Waals surface area contributed by atoms with Gasteiger partial charge in [0.15, 0.2) is 0 Å². The number of fused-ring (bicyclic) bond motifs is 4. The Morgan fingerprint density at radius 2 is 1.10 bits per heavy atom. The summed E-state index contributed by atoms with van der Waals surface area (Å²) in [6.07, 6.45) is 0. The van der Waals surface area contributed by atoms with E-state index in [9.17, 15) is 14.9 Å². The fourth-order valence-corrected chi connectivity index (χ4v) is 7.29. The second kappa shape index (κ2) is 11.6. The molecule has 7 aromatic carbocycles. The van der Waals surface area contributed by atoms with Gasteiger partial charge in [0.2, 0.25) is 0 Å². The van der Waals surface area contributed by atoms with Gasteiger partial charge in [-0.2, -0.15) is 5.26 Å². The van der Waals surface area contributed by atoms with E-state index in [4.69, 9.17) is 0 Å². The molecule has 0 aliphatic carbocycles. The highest BCUT2D eigenvalue weighted by atomic mass is 16.2. The molecule has 5 nitrogen and oxygen atoms in total. The molecule has 0 atom stereocenters. The standard InChI is InChI=1S/C45H27N3O2/c46-28-33-16-7-8-17-34(33)32-22-24-36-35-18-9-10-20-39(35)47(42(36)27-32)41-21-11-19-37-43(41)45(50)48(44(37)49)40-25-23-31(29-12-3-1-4-13-29)26-38(40)30-14-5-2-6-15-30/h1-27H. The minimum absolute atomic E-state index is 0.356. The van der Waals surface area contributed by atoms with Crippen molar-refractivity contribution in [2.24, 2.45) is 0 Å². The van der Waals surface area contributed by atoms with Gasteiger partial charge in [0.05, 0.1) is 45.2 Å². The quantitative estimate of drug-likeness (QED) is 0.176. The van der Waals surface area contributed by atoms with Crippen LogP contribution in [-0.4, -0.2) is 16.4 Å². The fraction of sp³-hybridized carbons (Fsp3) is 0. The molecule has 0 saturated carbocycles. The Morgan fingerprint density at radius 1 is 0.440 bits per heavy atom. The molecule has 1 aliphatic rings. The summed E-state index contributed by atoms with van der Waals surface area (Å²) >= 11 is 0. The average Bonchev–Trinajstić information content (AvgIpc) is 3.65. The van der Waals surface area contributed by atoms with E-state index in [1.54, 1.807) is 6.07 Å². The Bertz CT molecular complexity index is 2700. The van der Waals surface area contributed by atoms with Crippen LogP contribution in [-0.2, 0) is 0 Å². The summed E-state index contributed by atoms with van der Waals surface area (Å²) in [7, 11) is 0. The lowest BCUT2D eigenvalue weighted by Gasteiger charge is -2.20. The Hall–Kier alpha value is -7.03. The first-order chi connectivity index (χ1) is 24.6. The van der Waals surface area contributed by atoms with Crippen LogP contribution >= 0.6 is 0 Å². The SMILES string of the molecule is N#Cc1ccccc1-c1ccc2c3ccccc3n(-c3cccc4c3C(=O)N(c3ccc(-c5ccccc5)cc3-c3ccccc3)C4=O)c2c1. The van der Waals surface area contributed by atoms with Crippen molar-refractivity contribution in [3.63, 3.8) is 0 Å². The molecule has 0 spiro atoms. The summed E-state index contributed by atoms with van der Waals surface area (Å²) in [5, 5.41) is 11.9. The Kier molecular flexibility index (Phi) is 6.75. The van der Waals surface area contributed by atoms with E-state index in [1.807, 2.05) is 133 Å². The molecule has 5 heteroatoms. The van der Waals surface area contributed by atoms with Gasteiger partial charge in [0.25, 0.3) is 11.8 Å². The lowest BCUT2D eigenvalue weighted by atomic mass is 9.97. The molecule has 1 aliphatic heterocycles. The average molecular weight is 642 g/mol. The topological polar surface area (TPSA) is 66.1 Å². The molecule has 0 bridgehead atoms. The first kappa shape index (κ1) is 29.1. The maximum Gasteiger partial charge on any atom is 0.268 e. The van der Waals surface area contributed by atoms with Crippen molar-refractivity contribution >= 4 is 39.3 Å². The van der Waals surface area contributed by atoms with Crippen LogP contribution in [0.2, 0.25) is 0 Å². The Morgan fingerprint density at radius 3 is 1.90 bits per heavy atom. The highest BCUT2D eigenvalue weighted by Gasteiger charge is 2.40. The van der Waals surface area contributed by atoms with E-state index >= 15 is 0 Å². The monoisotopic (exact) mass is 641 g/mol. The summed E-state index contributed by atoms with van der Waals surface area (Å²) in [6.45, 7) is 0. The van der Waals surface area contributed by atoms with Crippen LogP contribution in [0.1, 0.15) is 26.3 Å². The van der Waals surface area contributed by atoms with Crippen LogP contribution in [0.15, 0.2) is 164 Å². The number of carbonyl (C=O) groups is 2. The van der Waals surface area contributed by atoms with Crippen LogP contribution < -0.4 is 4.90 Å². The number of rotatable bonds is 5. The normalized spacial score (nSPS) is 12.4. The maximum atomic E-state index is 14.8. The van der Waals surface area contributed by atoms with Crippen molar-refractivity contribution in [1.82, 2.24) is 4.57 Å². The number of nitriles is 1. The molecular formula is C45H27N3O2. The molecular weight excluding hydrogens is 615 g/mol. The minimum atomic E-state index is -0.373. The zero-order valence-electron chi connectivity index (χ0n) is 26.7. The van der Waals surface area contributed by atoms with E-state index in [-0.39, 0.29) is 11.8 Å². The molecule has 1 aromatic heterocycles. The van der Waals surface area contributed by atoms with Crippen molar-refractivity contribution in [2.75, 3.05) is 4.90 Å². The van der Waals surface area contributed by atoms with Crippen molar-refractivity contribution in [3.8, 4) is 45.1 Å². The van der Waals surface area contributed by atoms with Crippen LogP contribution in [0.3, 0.4) is 0 Å². The zero-order valence-corrected chi connectivity index (χ0v) is 26.7. The highest BCUT2D eigenvalue weighted by Crippen LogP contribution is 2.42. The van der Waals surface area contributed by atoms with Gasteiger partial charge in [0.1, 0.15) is 0 Å². The van der Waals surface area contributed by atoms with Gasteiger partial charge >= 0.3 is 0 Å². The molecule has 2 heterocycles. The molecule has 2 amide bonds. The second-order valence-corrected chi connectivity index (χ2v) is 12.4. The molecule has 50 heavy (non-hydrogen) atoms. The number of nitrogens with zero attached hydrogens (tertiary/aromatic N) is 3. The first-order valence-corrected chi connectivity index (χ1v) is 16.4. The van der Waals surface area contributed by atoms with Crippen LogP contribution in [0.25, 0.3) is 60.9 Å². The molecule has 234 valence electrons. The third-order valence-corrected chi connectivity index (χ3v) is 9.60. The number of anilines is 1. The van der Waals surface area contributed by atoms with Gasteiger partial charge in [-0.3, -0.25) is 9.59 Å². The summed E-state index contributed by atoms with van der Waals surface area (Å²) in [5.41, 5.74) is 9.70. The van der Waals surface area contributed by atoms with Gasteiger partial charge in [0, 0.05) is 16.3 Å². The summed E-state index contributed by atoms with van der Waals surface area (Å²) in [6, 6.07) is 55.4. The molecule has 0 N–H and O–H groups in total. The van der Waals surface area contributed by atoms with Gasteiger partial charge in [-0.25, -0.2) is 4.90 Å².